The monoisotopic (exact) mass is 275 g/mol. The summed E-state index contributed by atoms with van der Waals surface area (Å²) in [4.78, 5) is 16.1. The van der Waals surface area contributed by atoms with Crippen LogP contribution in [0.5, 0.6) is 0 Å². The Morgan fingerprint density at radius 2 is 2.26 bits per heavy atom. The second kappa shape index (κ2) is 4.82. The van der Waals surface area contributed by atoms with Crippen LogP contribution in [0.25, 0.3) is 0 Å². The summed E-state index contributed by atoms with van der Waals surface area (Å²) in [6.07, 6.45) is 0. The van der Waals surface area contributed by atoms with Crippen LogP contribution in [0.15, 0.2) is 11.4 Å². The van der Waals surface area contributed by atoms with Crippen LogP contribution in [0.4, 0.5) is 5.00 Å². The maximum Gasteiger partial charge on any atom is 0.295 e. The molecule has 0 fully saturated rings. The summed E-state index contributed by atoms with van der Waals surface area (Å²) in [7, 11) is 0. The van der Waals surface area contributed by atoms with Gasteiger partial charge in [-0.3, -0.25) is 9.89 Å². The zero-order valence-electron chi connectivity index (χ0n) is 10.8. The maximum atomic E-state index is 12.0. The van der Waals surface area contributed by atoms with E-state index in [1.165, 1.54) is 11.3 Å². The number of aromatic nitrogens is 3. The Bertz CT molecular complexity index is 644. The van der Waals surface area contributed by atoms with Crippen LogP contribution in [-0.4, -0.2) is 21.1 Å². The second-order valence-corrected chi connectivity index (χ2v) is 5.90. The number of nitrogens with zero attached hydrogens (tertiary/aromatic N) is 3. The summed E-state index contributed by atoms with van der Waals surface area (Å²) < 4.78 is 0. The first-order valence-corrected chi connectivity index (χ1v) is 6.51. The number of carbonyl (C=O) groups is 1. The van der Waals surface area contributed by atoms with Gasteiger partial charge in [-0.2, -0.15) is 5.26 Å². The van der Waals surface area contributed by atoms with E-state index in [-0.39, 0.29) is 11.2 Å². The maximum absolute atomic E-state index is 12.0. The molecular weight excluding hydrogens is 262 g/mol. The van der Waals surface area contributed by atoms with E-state index >= 15 is 0 Å². The summed E-state index contributed by atoms with van der Waals surface area (Å²) in [6.45, 7) is 5.92. The molecule has 0 saturated heterocycles. The van der Waals surface area contributed by atoms with Gasteiger partial charge in [0.05, 0.1) is 5.56 Å². The summed E-state index contributed by atoms with van der Waals surface area (Å²) in [5, 5.41) is 20.4. The third-order valence-corrected chi connectivity index (χ3v) is 3.24. The Morgan fingerprint density at radius 3 is 2.84 bits per heavy atom. The summed E-state index contributed by atoms with van der Waals surface area (Å²) in [5.41, 5.74) is 0.233. The largest absolute Gasteiger partial charge is 0.310 e. The standard InChI is InChI=1S/C12H13N5OS/c1-12(2,3)11-14-8(16-17-11)9(18)15-10-7(6-13)4-5-19-10/h4-5H,1-3H3,(H,15,18)(H,14,16,17). The number of amides is 1. The van der Waals surface area contributed by atoms with Crippen molar-refractivity contribution in [1.82, 2.24) is 15.2 Å². The fourth-order valence-corrected chi connectivity index (χ4v) is 2.08. The predicted molar refractivity (Wildman–Crippen MR) is 72.1 cm³/mol. The van der Waals surface area contributed by atoms with Crippen LogP contribution in [-0.2, 0) is 5.41 Å². The Kier molecular flexibility index (Phi) is 3.36. The number of nitrogens with one attached hydrogen (secondary N) is 2. The van der Waals surface area contributed by atoms with Gasteiger partial charge in [-0.25, -0.2) is 4.98 Å². The first-order chi connectivity index (χ1) is 8.91. The molecule has 0 unspecified atom stereocenters. The molecule has 0 aromatic carbocycles. The van der Waals surface area contributed by atoms with Crippen LogP contribution in [0.2, 0.25) is 0 Å². The van der Waals surface area contributed by atoms with Gasteiger partial charge < -0.3 is 5.32 Å². The van der Waals surface area contributed by atoms with Crippen LogP contribution < -0.4 is 5.32 Å². The van der Waals surface area contributed by atoms with E-state index in [0.717, 1.165) is 0 Å². The minimum Gasteiger partial charge on any atom is -0.310 e. The second-order valence-electron chi connectivity index (χ2n) is 4.99. The number of thiophene rings is 1. The zero-order chi connectivity index (χ0) is 14.0. The SMILES string of the molecule is CC(C)(C)c1nc(C(=O)Nc2sccc2C#N)n[nH]1. The topological polar surface area (TPSA) is 94.5 Å². The van der Waals surface area contributed by atoms with Crippen molar-refractivity contribution in [3.8, 4) is 6.07 Å². The molecule has 0 radical (unpaired) electrons. The molecule has 0 bridgehead atoms. The third kappa shape index (κ3) is 2.80. The molecule has 0 aliphatic rings. The zero-order valence-corrected chi connectivity index (χ0v) is 11.6. The van der Waals surface area contributed by atoms with Gasteiger partial charge in [0.25, 0.3) is 5.91 Å². The molecule has 0 atom stereocenters. The van der Waals surface area contributed by atoms with Gasteiger partial charge in [0, 0.05) is 5.41 Å². The lowest BCUT2D eigenvalue weighted by molar-refractivity contribution is 0.101. The lowest BCUT2D eigenvalue weighted by Gasteiger charge is -2.12. The van der Waals surface area contributed by atoms with Crippen LogP contribution in [0, 0.1) is 11.3 Å². The summed E-state index contributed by atoms with van der Waals surface area (Å²) in [6, 6.07) is 3.66. The molecule has 0 saturated carbocycles. The van der Waals surface area contributed by atoms with Gasteiger partial charge in [-0.05, 0) is 11.4 Å². The molecule has 2 aromatic heterocycles. The molecule has 2 N–H and O–H groups in total. The van der Waals surface area contributed by atoms with Gasteiger partial charge in [0.15, 0.2) is 0 Å². The third-order valence-electron chi connectivity index (χ3n) is 2.41. The normalized spacial score (nSPS) is 11.1. The lowest BCUT2D eigenvalue weighted by Crippen LogP contribution is -2.16. The van der Waals surface area contributed by atoms with Gasteiger partial charge in [0.1, 0.15) is 16.9 Å². The first kappa shape index (κ1) is 13.2. The first-order valence-electron chi connectivity index (χ1n) is 5.63. The molecule has 0 aliphatic carbocycles. The van der Waals surface area contributed by atoms with E-state index in [4.69, 9.17) is 5.26 Å². The lowest BCUT2D eigenvalue weighted by atomic mass is 9.96. The number of anilines is 1. The average Bonchev–Trinajstić information content (AvgIpc) is 2.95. The molecule has 0 aliphatic heterocycles. The van der Waals surface area contributed by atoms with Gasteiger partial charge in [0.2, 0.25) is 5.82 Å². The molecule has 7 heteroatoms. The number of carbonyl (C=O) groups excluding carboxylic acids is 1. The highest BCUT2D eigenvalue weighted by Gasteiger charge is 2.21. The van der Waals surface area contributed by atoms with Crippen LogP contribution in [0.1, 0.15) is 42.8 Å². The van der Waals surface area contributed by atoms with Crippen molar-refractivity contribution in [2.45, 2.75) is 26.2 Å². The number of H-pyrrole nitrogens is 1. The molecule has 98 valence electrons. The molecule has 2 aromatic rings. The smallest absolute Gasteiger partial charge is 0.295 e. The Balaban J connectivity index is 2.17. The fourth-order valence-electron chi connectivity index (χ4n) is 1.35. The van der Waals surface area contributed by atoms with Gasteiger partial charge in [-0.15, -0.1) is 16.4 Å². The number of rotatable bonds is 2. The Labute approximate surface area is 114 Å². The van der Waals surface area contributed by atoms with E-state index in [1.807, 2.05) is 26.8 Å². The van der Waals surface area contributed by atoms with Crippen molar-refractivity contribution in [2.24, 2.45) is 0 Å². The van der Waals surface area contributed by atoms with Crippen molar-refractivity contribution in [1.29, 1.82) is 5.26 Å². The van der Waals surface area contributed by atoms with Crippen molar-refractivity contribution in [3.05, 3.63) is 28.7 Å². The summed E-state index contributed by atoms with van der Waals surface area (Å²) >= 11 is 1.29. The molecule has 0 spiro atoms. The number of hydrogen-bond acceptors (Lipinski definition) is 5. The highest BCUT2D eigenvalue weighted by Crippen LogP contribution is 2.23. The molecule has 2 heterocycles. The van der Waals surface area contributed by atoms with Crippen molar-refractivity contribution < 1.29 is 4.79 Å². The van der Waals surface area contributed by atoms with Crippen LogP contribution in [0.3, 0.4) is 0 Å². The molecule has 1 amide bonds. The quantitative estimate of drug-likeness (QED) is 0.879. The molecular formula is C12H13N5OS. The van der Waals surface area contributed by atoms with Crippen molar-refractivity contribution in [2.75, 3.05) is 5.32 Å². The van der Waals surface area contributed by atoms with Crippen molar-refractivity contribution >= 4 is 22.2 Å². The van der Waals surface area contributed by atoms with Crippen LogP contribution >= 0.6 is 11.3 Å². The van der Waals surface area contributed by atoms with E-state index in [0.29, 0.717) is 16.4 Å². The van der Waals surface area contributed by atoms with E-state index < -0.39 is 5.91 Å². The summed E-state index contributed by atoms with van der Waals surface area (Å²) in [5.74, 6) is 0.289. The number of nitriles is 1. The van der Waals surface area contributed by atoms with Gasteiger partial charge >= 0.3 is 0 Å². The fraction of sp³-hybridized carbons (Fsp3) is 0.333. The Morgan fingerprint density at radius 1 is 1.53 bits per heavy atom. The van der Waals surface area contributed by atoms with E-state index in [9.17, 15) is 4.79 Å². The van der Waals surface area contributed by atoms with Gasteiger partial charge in [-0.1, -0.05) is 20.8 Å². The minimum absolute atomic E-state index is 0.0715. The molecule has 2 rings (SSSR count). The van der Waals surface area contributed by atoms with Crippen molar-refractivity contribution in [3.63, 3.8) is 0 Å². The number of hydrogen-bond donors (Lipinski definition) is 2. The van der Waals surface area contributed by atoms with E-state index in [2.05, 4.69) is 20.5 Å². The molecule has 6 nitrogen and oxygen atoms in total. The molecule has 19 heavy (non-hydrogen) atoms. The predicted octanol–water partition coefficient (Wildman–Crippen LogP) is 2.29. The average molecular weight is 275 g/mol. The van der Waals surface area contributed by atoms with E-state index in [1.54, 1.807) is 11.4 Å². The minimum atomic E-state index is -0.425. The highest BCUT2D eigenvalue weighted by molar-refractivity contribution is 7.14. The highest BCUT2D eigenvalue weighted by atomic mass is 32.1. The Hall–Kier alpha value is -2.20. The number of aromatic amines is 1.